The summed E-state index contributed by atoms with van der Waals surface area (Å²) in [4.78, 5) is 2.40. The maximum Gasteiger partial charge on any atom is 0.0467 e. The molecule has 312 valence electrons. The van der Waals surface area contributed by atoms with Gasteiger partial charge >= 0.3 is 0 Å². The number of nitrogens with zero attached hydrogens (tertiary/aromatic N) is 1. The first-order valence-corrected chi connectivity index (χ1v) is 23.0. The van der Waals surface area contributed by atoms with E-state index in [-0.39, 0.29) is 5.41 Å². The van der Waals surface area contributed by atoms with E-state index < -0.39 is 0 Å². The minimum atomic E-state index is -0.0334. The van der Waals surface area contributed by atoms with Gasteiger partial charge in [0.25, 0.3) is 0 Å². The van der Waals surface area contributed by atoms with Crippen molar-refractivity contribution in [2.45, 2.75) is 19.3 Å². The lowest BCUT2D eigenvalue weighted by atomic mass is 9.82. The van der Waals surface area contributed by atoms with Gasteiger partial charge in [-0.1, -0.05) is 214 Å². The maximum atomic E-state index is 2.40. The average molecular weight is 842 g/mol. The van der Waals surface area contributed by atoms with Crippen molar-refractivity contribution in [2.24, 2.45) is 0 Å². The lowest BCUT2D eigenvalue weighted by molar-refractivity contribution is 0.660. The van der Waals surface area contributed by atoms with Crippen molar-refractivity contribution in [1.29, 1.82) is 0 Å². The molecule has 0 spiro atoms. The van der Waals surface area contributed by atoms with E-state index in [1.165, 1.54) is 99.4 Å². The number of fused-ring (bicyclic) bond motifs is 6. The fourth-order valence-electron chi connectivity index (χ4n) is 10.5. The van der Waals surface area contributed by atoms with Gasteiger partial charge in [-0.2, -0.15) is 0 Å². The summed E-state index contributed by atoms with van der Waals surface area (Å²) >= 11 is 0. The molecule has 0 heterocycles. The Hall–Kier alpha value is -8.26. The molecule has 1 aliphatic rings. The summed E-state index contributed by atoms with van der Waals surface area (Å²) in [5.41, 5.74) is 20.7. The quantitative estimate of drug-likeness (QED) is 0.138. The topological polar surface area (TPSA) is 3.24 Å². The molecule has 11 aromatic carbocycles. The van der Waals surface area contributed by atoms with E-state index in [2.05, 4.69) is 267 Å². The van der Waals surface area contributed by atoms with Crippen molar-refractivity contribution < 1.29 is 0 Å². The Labute approximate surface area is 387 Å². The van der Waals surface area contributed by atoms with E-state index in [4.69, 9.17) is 0 Å². The van der Waals surface area contributed by atoms with E-state index in [9.17, 15) is 0 Å². The lowest BCUT2D eigenvalue weighted by Crippen LogP contribution is -2.14. The lowest BCUT2D eigenvalue weighted by Gasteiger charge is -2.27. The van der Waals surface area contributed by atoms with Gasteiger partial charge < -0.3 is 4.90 Å². The zero-order valence-corrected chi connectivity index (χ0v) is 37.1. The standard InChI is InChI=1S/C65H47N/c1-65(2)63-26-12-11-23-60(63)62-43-51(33-40-64(62)65)49-20-13-21-54(41-49)66(53-36-29-48(30-37-53)56-24-14-25-58-55-22-10-9-19-47(55)31-39-59(56)58)52-34-27-44(28-35-52)50-32-38-57(45-15-5-3-6-16-45)61(42-50)46-17-7-4-8-18-46/h3-43H,1-2H3. The first-order chi connectivity index (χ1) is 32.5. The molecule has 0 saturated heterocycles. The number of hydrogen-bond donors (Lipinski definition) is 0. The predicted molar refractivity (Wildman–Crippen MR) is 281 cm³/mol. The predicted octanol–water partition coefficient (Wildman–Crippen LogP) is 18.1. The SMILES string of the molecule is CC1(C)c2ccccc2-c2cc(-c3cccc(N(c4ccc(-c5ccc(-c6ccccc6)c(-c6ccccc6)c5)cc4)c4ccc(-c5cccc6c5ccc5ccccc56)cc4)c3)ccc21. The Bertz CT molecular complexity index is 3580. The molecule has 0 atom stereocenters. The highest BCUT2D eigenvalue weighted by atomic mass is 15.1. The molecular formula is C65H47N. The fraction of sp³-hybridized carbons (Fsp3) is 0.0462. The second kappa shape index (κ2) is 16.1. The molecule has 0 amide bonds. The Morgan fingerprint density at radius 2 is 0.773 bits per heavy atom. The molecule has 0 aromatic heterocycles. The van der Waals surface area contributed by atoms with Gasteiger partial charge in [-0.3, -0.25) is 0 Å². The van der Waals surface area contributed by atoms with Gasteiger partial charge in [-0.25, -0.2) is 0 Å². The van der Waals surface area contributed by atoms with Crippen LogP contribution in [0.4, 0.5) is 17.1 Å². The minimum Gasteiger partial charge on any atom is -0.310 e. The van der Waals surface area contributed by atoms with Gasteiger partial charge in [0.1, 0.15) is 0 Å². The van der Waals surface area contributed by atoms with Crippen LogP contribution in [-0.2, 0) is 5.41 Å². The van der Waals surface area contributed by atoms with Crippen LogP contribution in [0.25, 0.3) is 88.3 Å². The minimum absolute atomic E-state index is 0.0334. The van der Waals surface area contributed by atoms with Gasteiger partial charge in [0.05, 0.1) is 0 Å². The molecule has 0 fully saturated rings. The third kappa shape index (κ3) is 6.80. The van der Waals surface area contributed by atoms with E-state index in [0.717, 1.165) is 17.1 Å². The van der Waals surface area contributed by atoms with Gasteiger partial charge in [0.2, 0.25) is 0 Å². The summed E-state index contributed by atoms with van der Waals surface area (Å²) in [5.74, 6) is 0. The van der Waals surface area contributed by atoms with Crippen molar-refractivity contribution in [3.05, 3.63) is 260 Å². The first-order valence-electron chi connectivity index (χ1n) is 23.0. The molecule has 1 heteroatoms. The van der Waals surface area contributed by atoms with E-state index in [1.54, 1.807) is 0 Å². The Kier molecular flexibility index (Phi) is 9.58. The maximum absolute atomic E-state index is 2.40. The van der Waals surface area contributed by atoms with Crippen molar-refractivity contribution in [3.63, 3.8) is 0 Å². The number of hydrogen-bond acceptors (Lipinski definition) is 1. The normalized spacial score (nSPS) is 12.5. The molecule has 0 unspecified atom stereocenters. The molecule has 1 nitrogen and oxygen atoms in total. The average Bonchev–Trinajstić information content (AvgIpc) is 3.62. The summed E-state index contributed by atoms with van der Waals surface area (Å²) in [6.45, 7) is 4.69. The third-order valence-corrected chi connectivity index (χ3v) is 13.9. The van der Waals surface area contributed by atoms with Crippen LogP contribution in [0.15, 0.2) is 249 Å². The third-order valence-electron chi connectivity index (χ3n) is 13.9. The zero-order valence-electron chi connectivity index (χ0n) is 37.1. The van der Waals surface area contributed by atoms with Crippen LogP contribution in [0.5, 0.6) is 0 Å². The molecule has 12 rings (SSSR count). The second-order valence-electron chi connectivity index (χ2n) is 18.1. The summed E-state index contributed by atoms with van der Waals surface area (Å²) < 4.78 is 0. The van der Waals surface area contributed by atoms with Crippen LogP contribution in [-0.4, -0.2) is 0 Å². The molecule has 66 heavy (non-hydrogen) atoms. The Balaban J connectivity index is 0.953. The highest BCUT2D eigenvalue weighted by Gasteiger charge is 2.35. The number of benzene rings is 11. The van der Waals surface area contributed by atoms with E-state index in [1.807, 2.05) is 0 Å². The van der Waals surface area contributed by atoms with Crippen molar-refractivity contribution in [1.82, 2.24) is 0 Å². The second-order valence-corrected chi connectivity index (χ2v) is 18.1. The van der Waals surface area contributed by atoms with E-state index >= 15 is 0 Å². The summed E-state index contributed by atoms with van der Waals surface area (Å²) in [7, 11) is 0. The van der Waals surface area contributed by atoms with Crippen molar-refractivity contribution in [2.75, 3.05) is 4.90 Å². The van der Waals surface area contributed by atoms with Crippen molar-refractivity contribution >= 4 is 38.6 Å². The largest absolute Gasteiger partial charge is 0.310 e. The van der Waals surface area contributed by atoms with Crippen LogP contribution in [0.1, 0.15) is 25.0 Å². The van der Waals surface area contributed by atoms with Crippen LogP contribution in [0, 0.1) is 0 Å². The summed E-state index contributed by atoms with van der Waals surface area (Å²) in [6, 6.07) is 91.3. The van der Waals surface area contributed by atoms with Gasteiger partial charge in [0.15, 0.2) is 0 Å². The van der Waals surface area contributed by atoms with Gasteiger partial charge in [0, 0.05) is 22.5 Å². The van der Waals surface area contributed by atoms with Crippen molar-refractivity contribution in [3.8, 4) is 66.8 Å². The number of rotatable bonds is 8. The van der Waals surface area contributed by atoms with Gasteiger partial charge in [-0.05, 0) is 148 Å². The highest BCUT2D eigenvalue weighted by Crippen LogP contribution is 2.50. The van der Waals surface area contributed by atoms with Crippen LogP contribution in [0.2, 0.25) is 0 Å². The molecule has 11 aromatic rings. The fourth-order valence-corrected chi connectivity index (χ4v) is 10.5. The Morgan fingerprint density at radius 1 is 0.258 bits per heavy atom. The van der Waals surface area contributed by atoms with Crippen LogP contribution < -0.4 is 4.90 Å². The molecule has 0 radical (unpaired) electrons. The zero-order chi connectivity index (χ0) is 44.2. The van der Waals surface area contributed by atoms with E-state index in [0.29, 0.717) is 0 Å². The van der Waals surface area contributed by atoms with Gasteiger partial charge in [-0.15, -0.1) is 0 Å². The highest BCUT2D eigenvalue weighted by molar-refractivity contribution is 6.12. The molecule has 0 N–H and O–H groups in total. The number of anilines is 3. The van der Waals surface area contributed by atoms with Crippen LogP contribution in [0.3, 0.4) is 0 Å². The first kappa shape index (κ1) is 39.3. The molecule has 0 bridgehead atoms. The summed E-state index contributed by atoms with van der Waals surface area (Å²) in [6.07, 6.45) is 0. The molecule has 0 saturated carbocycles. The Morgan fingerprint density at radius 3 is 1.55 bits per heavy atom. The molecule has 0 aliphatic heterocycles. The smallest absolute Gasteiger partial charge is 0.0467 e. The molecular weight excluding hydrogens is 795 g/mol. The van der Waals surface area contributed by atoms with Crippen LogP contribution >= 0.6 is 0 Å². The summed E-state index contributed by atoms with van der Waals surface area (Å²) in [5, 5.41) is 5.08. The molecule has 1 aliphatic carbocycles. The monoisotopic (exact) mass is 841 g/mol.